The maximum atomic E-state index is 4.36. The van der Waals surface area contributed by atoms with Crippen molar-refractivity contribution >= 4 is 35.6 Å². The summed E-state index contributed by atoms with van der Waals surface area (Å²) < 4.78 is 0. The highest BCUT2D eigenvalue weighted by molar-refractivity contribution is 14.0. The van der Waals surface area contributed by atoms with Crippen LogP contribution in [-0.4, -0.2) is 32.1 Å². The zero-order valence-electron chi connectivity index (χ0n) is 14.2. The number of nitrogens with zero attached hydrogens (tertiary/aromatic N) is 2. The van der Waals surface area contributed by atoms with Crippen LogP contribution in [0.25, 0.3) is 0 Å². The van der Waals surface area contributed by atoms with Crippen LogP contribution < -0.4 is 15.5 Å². The number of nitrogens with one attached hydrogen (secondary N) is 2. The molecule has 0 amide bonds. The van der Waals surface area contributed by atoms with Crippen molar-refractivity contribution in [3.05, 3.63) is 29.8 Å². The van der Waals surface area contributed by atoms with Gasteiger partial charge in [0, 0.05) is 31.9 Å². The summed E-state index contributed by atoms with van der Waals surface area (Å²) in [5.74, 6) is 0.920. The molecule has 2 N–H and O–H groups in total. The molecule has 2 aliphatic rings. The first-order valence-corrected chi connectivity index (χ1v) is 8.61. The van der Waals surface area contributed by atoms with E-state index in [1.807, 2.05) is 7.05 Å². The highest BCUT2D eigenvalue weighted by Crippen LogP contribution is 2.24. The summed E-state index contributed by atoms with van der Waals surface area (Å²) in [5.41, 5.74) is 2.67. The maximum Gasteiger partial charge on any atom is 0.191 e. The molecule has 23 heavy (non-hydrogen) atoms. The topological polar surface area (TPSA) is 39.7 Å². The van der Waals surface area contributed by atoms with Gasteiger partial charge >= 0.3 is 0 Å². The second-order valence-electron chi connectivity index (χ2n) is 6.50. The van der Waals surface area contributed by atoms with Crippen LogP contribution in [-0.2, 0) is 0 Å². The van der Waals surface area contributed by atoms with Gasteiger partial charge in [-0.1, -0.05) is 12.1 Å². The van der Waals surface area contributed by atoms with Crippen molar-refractivity contribution < 1.29 is 0 Å². The second-order valence-corrected chi connectivity index (χ2v) is 6.50. The molecule has 1 aliphatic heterocycles. The number of hydrogen-bond acceptors (Lipinski definition) is 2. The van der Waals surface area contributed by atoms with E-state index in [1.54, 1.807) is 0 Å². The fourth-order valence-electron chi connectivity index (χ4n) is 3.17. The quantitative estimate of drug-likeness (QED) is 0.437. The minimum absolute atomic E-state index is 0. The molecule has 0 aromatic heterocycles. The second kappa shape index (κ2) is 8.76. The zero-order valence-corrected chi connectivity index (χ0v) is 16.5. The van der Waals surface area contributed by atoms with Crippen molar-refractivity contribution in [1.29, 1.82) is 0 Å². The van der Waals surface area contributed by atoms with Crippen LogP contribution in [0.3, 0.4) is 0 Å². The molecule has 1 atom stereocenters. The fourth-order valence-corrected chi connectivity index (χ4v) is 3.17. The number of benzene rings is 1. The Hall–Kier alpha value is -0.980. The highest BCUT2D eigenvalue weighted by atomic mass is 127. The normalized spacial score (nSPS) is 19.7. The van der Waals surface area contributed by atoms with Gasteiger partial charge in [0.05, 0.1) is 6.04 Å². The van der Waals surface area contributed by atoms with Crippen molar-refractivity contribution in [2.45, 2.75) is 51.1 Å². The molecule has 0 spiro atoms. The molecule has 2 fully saturated rings. The van der Waals surface area contributed by atoms with Crippen LogP contribution in [0, 0.1) is 0 Å². The molecule has 1 saturated heterocycles. The lowest BCUT2D eigenvalue weighted by Gasteiger charge is -2.29. The molecule has 1 aromatic rings. The SMILES string of the molecule is CN=C(NC1CCC1)NC(C)c1cccc(N2CCCC2)c1.I. The average molecular weight is 428 g/mol. The van der Waals surface area contributed by atoms with Crippen molar-refractivity contribution in [3.8, 4) is 0 Å². The van der Waals surface area contributed by atoms with Gasteiger partial charge in [0.15, 0.2) is 5.96 Å². The standard InChI is InChI=1S/C18H28N4.HI/c1-14(20-18(19-2)21-16-8-6-9-16)15-7-5-10-17(13-15)22-11-3-4-12-22;/h5,7,10,13-14,16H,3-4,6,8-9,11-12H2,1-2H3,(H2,19,20,21);1H. The highest BCUT2D eigenvalue weighted by Gasteiger charge is 2.19. The minimum atomic E-state index is 0. The number of guanidine groups is 1. The lowest BCUT2D eigenvalue weighted by atomic mass is 9.93. The van der Waals surface area contributed by atoms with Crippen LogP contribution in [0.15, 0.2) is 29.3 Å². The van der Waals surface area contributed by atoms with Crippen molar-refractivity contribution in [2.75, 3.05) is 25.0 Å². The van der Waals surface area contributed by atoms with Crippen molar-refractivity contribution in [1.82, 2.24) is 10.6 Å². The smallest absolute Gasteiger partial charge is 0.191 e. The predicted molar refractivity (Wildman–Crippen MR) is 109 cm³/mol. The van der Waals surface area contributed by atoms with Crippen molar-refractivity contribution in [2.24, 2.45) is 4.99 Å². The molecular formula is C18H29IN4. The summed E-state index contributed by atoms with van der Waals surface area (Å²) in [6.45, 7) is 4.59. The molecule has 1 heterocycles. The molecule has 1 saturated carbocycles. The Balaban J connectivity index is 0.00000192. The summed E-state index contributed by atoms with van der Waals surface area (Å²) >= 11 is 0. The first kappa shape index (κ1) is 18.4. The molecular weight excluding hydrogens is 399 g/mol. The van der Waals surface area contributed by atoms with Gasteiger partial charge in [0.2, 0.25) is 0 Å². The number of rotatable bonds is 4. The van der Waals surface area contributed by atoms with Gasteiger partial charge in [-0.3, -0.25) is 4.99 Å². The third kappa shape index (κ3) is 4.75. The Morgan fingerprint density at radius 3 is 2.57 bits per heavy atom. The third-order valence-corrected chi connectivity index (χ3v) is 4.86. The van der Waals surface area contributed by atoms with Crippen LogP contribution in [0.5, 0.6) is 0 Å². The lowest BCUT2D eigenvalue weighted by Crippen LogP contribution is -2.46. The van der Waals surface area contributed by atoms with Crippen LogP contribution in [0.4, 0.5) is 5.69 Å². The Morgan fingerprint density at radius 1 is 1.22 bits per heavy atom. The monoisotopic (exact) mass is 428 g/mol. The number of halogens is 1. The number of anilines is 1. The molecule has 1 aliphatic carbocycles. The van der Waals surface area contributed by atoms with Gasteiger partial charge in [-0.2, -0.15) is 0 Å². The Morgan fingerprint density at radius 2 is 1.96 bits per heavy atom. The Labute approximate surface area is 157 Å². The maximum absolute atomic E-state index is 4.36. The summed E-state index contributed by atoms with van der Waals surface area (Å²) in [7, 11) is 1.85. The first-order chi connectivity index (χ1) is 10.8. The van der Waals surface area contributed by atoms with Gasteiger partial charge < -0.3 is 15.5 Å². The van der Waals surface area contributed by atoms with Gasteiger partial charge in [0.1, 0.15) is 0 Å². The van der Waals surface area contributed by atoms with Gasteiger partial charge in [-0.15, -0.1) is 24.0 Å². The number of aliphatic imine (C=N–C) groups is 1. The van der Waals surface area contributed by atoms with Crippen LogP contribution >= 0.6 is 24.0 Å². The average Bonchev–Trinajstić information content (AvgIpc) is 3.04. The molecule has 0 radical (unpaired) electrons. The summed E-state index contributed by atoms with van der Waals surface area (Å²) in [5, 5.41) is 7.02. The lowest BCUT2D eigenvalue weighted by molar-refractivity contribution is 0.378. The van der Waals surface area contributed by atoms with E-state index in [0.717, 1.165) is 5.96 Å². The van der Waals surface area contributed by atoms with Crippen molar-refractivity contribution in [3.63, 3.8) is 0 Å². The van der Waals surface area contributed by atoms with E-state index in [-0.39, 0.29) is 30.0 Å². The van der Waals surface area contributed by atoms with Gasteiger partial charge in [0.25, 0.3) is 0 Å². The van der Waals surface area contributed by atoms with E-state index in [1.165, 1.54) is 56.4 Å². The number of hydrogen-bond donors (Lipinski definition) is 2. The molecule has 128 valence electrons. The first-order valence-electron chi connectivity index (χ1n) is 8.61. The molecule has 5 heteroatoms. The largest absolute Gasteiger partial charge is 0.372 e. The van der Waals surface area contributed by atoms with Gasteiger partial charge in [-0.05, 0) is 56.7 Å². The van der Waals surface area contributed by atoms with E-state index >= 15 is 0 Å². The third-order valence-electron chi connectivity index (χ3n) is 4.86. The molecule has 4 nitrogen and oxygen atoms in total. The fraction of sp³-hybridized carbons (Fsp3) is 0.611. The summed E-state index contributed by atoms with van der Waals surface area (Å²) in [6, 6.07) is 9.78. The van der Waals surface area contributed by atoms with E-state index in [9.17, 15) is 0 Å². The van der Waals surface area contributed by atoms with Crippen LogP contribution in [0.2, 0.25) is 0 Å². The molecule has 3 rings (SSSR count). The summed E-state index contributed by atoms with van der Waals surface area (Å²) in [6.07, 6.45) is 6.49. The van der Waals surface area contributed by atoms with E-state index < -0.39 is 0 Å². The van der Waals surface area contributed by atoms with Gasteiger partial charge in [-0.25, -0.2) is 0 Å². The predicted octanol–water partition coefficient (Wildman–Crippen LogP) is 3.68. The van der Waals surface area contributed by atoms with E-state index in [4.69, 9.17) is 0 Å². The molecule has 1 aromatic carbocycles. The van der Waals surface area contributed by atoms with Crippen LogP contribution in [0.1, 0.15) is 50.6 Å². The Kier molecular flexibility index (Phi) is 6.99. The minimum Gasteiger partial charge on any atom is -0.372 e. The molecule has 1 unspecified atom stereocenters. The molecule has 0 bridgehead atoms. The van der Waals surface area contributed by atoms with E-state index in [2.05, 4.69) is 51.7 Å². The zero-order chi connectivity index (χ0) is 15.4. The van der Waals surface area contributed by atoms with E-state index in [0.29, 0.717) is 6.04 Å². The Bertz CT molecular complexity index is 522. The summed E-state index contributed by atoms with van der Waals surface area (Å²) in [4.78, 5) is 6.84.